The van der Waals surface area contributed by atoms with Gasteiger partial charge in [-0.15, -0.1) is 0 Å². The number of carbonyl (C=O) groups is 1. The third-order valence-electron chi connectivity index (χ3n) is 2.28. The van der Waals surface area contributed by atoms with E-state index >= 15 is 0 Å². The molecule has 3 N–H and O–H groups in total. The lowest BCUT2D eigenvalue weighted by Crippen LogP contribution is -2.21. The van der Waals surface area contributed by atoms with Gasteiger partial charge in [0.1, 0.15) is 5.75 Å². The monoisotopic (exact) mass is 223 g/mol. The fourth-order valence-corrected chi connectivity index (χ4v) is 1.35. The minimum absolute atomic E-state index is 0.134. The SMILES string of the molecule is CCC(N)Cc1cccc(OCC(=O)O)c1. The van der Waals surface area contributed by atoms with E-state index in [4.69, 9.17) is 15.6 Å². The second kappa shape index (κ2) is 6.12. The molecule has 0 radical (unpaired) electrons. The highest BCUT2D eigenvalue weighted by Gasteiger charge is 2.04. The summed E-state index contributed by atoms with van der Waals surface area (Å²) in [5.74, 6) is -0.404. The lowest BCUT2D eigenvalue weighted by atomic mass is 10.0. The maximum absolute atomic E-state index is 10.3. The second-order valence-electron chi connectivity index (χ2n) is 3.70. The van der Waals surface area contributed by atoms with Crippen molar-refractivity contribution in [3.63, 3.8) is 0 Å². The number of nitrogens with two attached hydrogens (primary N) is 1. The Kier molecular flexibility index (Phi) is 4.79. The van der Waals surface area contributed by atoms with Gasteiger partial charge in [-0.05, 0) is 30.5 Å². The first-order valence-corrected chi connectivity index (χ1v) is 5.31. The highest BCUT2D eigenvalue weighted by molar-refractivity contribution is 5.68. The van der Waals surface area contributed by atoms with Crippen LogP contribution in [-0.4, -0.2) is 23.7 Å². The van der Waals surface area contributed by atoms with Crippen molar-refractivity contribution in [3.8, 4) is 5.75 Å². The molecular weight excluding hydrogens is 206 g/mol. The Labute approximate surface area is 95.0 Å². The molecule has 0 saturated carbocycles. The first-order valence-electron chi connectivity index (χ1n) is 5.31. The molecule has 1 aromatic rings. The van der Waals surface area contributed by atoms with Crippen LogP contribution in [0.25, 0.3) is 0 Å². The van der Waals surface area contributed by atoms with E-state index in [9.17, 15) is 4.79 Å². The maximum Gasteiger partial charge on any atom is 0.341 e. The van der Waals surface area contributed by atoms with Crippen molar-refractivity contribution in [2.45, 2.75) is 25.8 Å². The van der Waals surface area contributed by atoms with Crippen molar-refractivity contribution < 1.29 is 14.6 Å². The van der Waals surface area contributed by atoms with Crippen LogP contribution in [0, 0.1) is 0 Å². The fourth-order valence-electron chi connectivity index (χ4n) is 1.35. The molecule has 0 aliphatic carbocycles. The van der Waals surface area contributed by atoms with E-state index in [0.717, 1.165) is 18.4 Å². The Balaban J connectivity index is 2.60. The smallest absolute Gasteiger partial charge is 0.341 e. The van der Waals surface area contributed by atoms with Gasteiger partial charge in [0, 0.05) is 6.04 Å². The van der Waals surface area contributed by atoms with Crippen LogP contribution < -0.4 is 10.5 Å². The zero-order chi connectivity index (χ0) is 12.0. The summed E-state index contributed by atoms with van der Waals surface area (Å²) < 4.78 is 5.08. The topological polar surface area (TPSA) is 72.5 Å². The summed E-state index contributed by atoms with van der Waals surface area (Å²) in [7, 11) is 0. The number of carboxylic acids is 1. The molecule has 16 heavy (non-hydrogen) atoms. The quantitative estimate of drug-likeness (QED) is 0.765. The standard InChI is InChI=1S/C12H17NO3/c1-2-10(13)6-9-4-3-5-11(7-9)16-8-12(14)15/h3-5,7,10H,2,6,8,13H2,1H3,(H,14,15). The number of benzene rings is 1. The predicted octanol–water partition coefficient (Wildman–Crippen LogP) is 1.43. The van der Waals surface area contributed by atoms with Gasteiger partial charge in [0.25, 0.3) is 0 Å². The molecule has 0 amide bonds. The van der Waals surface area contributed by atoms with E-state index in [-0.39, 0.29) is 12.6 Å². The molecule has 0 saturated heterocycles. The van der Waals surface area contributed by atoms with Crippen molar-refractivity contribution in [1.82, 2.24) is 0 Å². The molecule has 4 nitrogen and oxygen atoms in total. The van der Waals surface area contributed by atoms with Crippen LogP contribution in [0.1, 0.15) is 18.9 Å². The largest absolute Gasteiger partial charge is 0.482 e. The first-order chi connectivity index (χ1) is 7.61. The Morgan fingerprint density at radius 1 is 1.56 bits per heavy atom. The van der Waals surface area contributed by atoms with E-state index < -0.39 is 5.97 Å². The molecule has 1 rings (SSSR count). The molecular formula is C12H17NO3. The van der Waals surface area contributed by atoms with Crippen LogP contribution in [0.15, 0.2) is 24.3 Å². The lowest BCUT2D eigenvalue weighted by molar-refractivity contribution is -0.139. The second-order valence-corrected chi connectivity index (χ2v) is 3.70. The number of ether oxygens (including phenoxy) is 1. The van der Waals surface area contributed by atoms with Crippen LogP contribution in [0.2, 0.25) is 0 Å². The fraction of sp³-hybridized carbons (Fsp3) is 0.417. The molecule has 1 aromatic carbocycles. The maximum atomic E-state index is 10.3. The van der Waals surface area contributed by atoms with E-state index in [0.29, 0.717) is 5.75 Å². The summed E-state index contributed by atoms with van der Waals surface area (Å²) in [5, 5.41) is 8.48. The Morgan fingerprint density at radius 2 is 2.31 bits per heavy atom. The highest BCUT2D eigenvalue weighted by atomic mass is 16.5. The predicted molar refractivity (Wildman–Crippen MR) is 61.5 cm³/mol. The highest BCUT2D eigenvalue weighted by Crippen LogP contribution is 2.14. The molecule has 0 fully saturated rings. The van der Waals surface area contributed by atoms with Crippen molar-refractivity contribution in [1.29, 1.82) is 0 Å². The average molecular weight is 223 g/mol. The number of rotatable bonds is 6. The van der Waals surface area contributed by atoms with E-state index in [1.807, 2.05) is 25.1 Å². The van der Waals surface area contributed by atoms with Gasteiger partial charge in [-0.25, -0.2) is 4.79 Å². The summed E-state index contributed by atoms with van der Waals surface area (Å²) in [6, 6.07) is 7.51. The summed E-state index contributed by atoms with van der Waals surface area (Å²) in [4.78, 5) is 10.3. The van der Waals surface area contributed by atoms with E-state index in [1.165, 1.54) is 0 Å². The Hall–Kier alpha value is -1.55. The van der Waals surface area contributed by atoms with Crippen molar-refractivity contribution in [3.05, 3.63) is 29.8 Å². The Bertz CT molecular complexity index is 352. The summed E-state index contributed by atoms with van der Waals surface area (Å²) >= 11 is 0. The molecule has 0 spiro atoms. The molecule has 88 valence electrons. The van der Waals surface area contributed by atoms with Crippen LogP contribution in [0.4, 0.5) is 0 Å². The van der Waals surface area contributed by atoms with Crippen molar-refractivity contribution >= 4 is 5.97 Å². The molecule has 0 bridgehead atoms. The van der Waals surface area contributed by atoms with Gasteiger partial charge in [-0.3, -0.25) is 0 Å². The molecule has 1 unspecified atom stereocenters. The van der Waals surface area contributed by atoms with E-state index in [2.05, 4.69) is 0 Å². The van der Waals surface area contributed by atoms with Gasteiger partial charge in [0.05, 0.1) is 0 Å². The number of hydrogen-bond acceptors (Lipinski definition) is 3. The van der Waals surface area contributed by atoms with Gasteiger partial charge in [-0.2, -0.15) is 0 Å². The molecule has 0 heterocycles. The number of aliphatic carboxylic acids is 1. The molecule has 0 aromatic heterocycles. The molecule has 0 aliphatic heterocycles. The van der Waals surface area contributed by atoms with Crippen LogP contribution in [0.5, 0.6) is 5.75 Å². The third kappa shape index (κ3) is 4.31. The summed E-state index contributed by atoms with van der Waals surface area (Å²) in [6.45, 7) is 1.72. The summed E-state index contributed by atoms with van der Waals surface area (Å²) in [6.07, 6.45) is 1.70. The zero-order valence-corrected chi connectivity index (χ0v) is 9.35. The average Bonchev–Trinajstić information content (AvgIpc) is 2.26. The zero-order valence-electron chi connectivity index (χ0n) is 9.35. The lowest BCUT2D eigenvalue weighted by Gasteiger charge is -2.10. The van der Waals surface area contributed by atoms with E-state index in [1.54, 1.807) is 6.07 Å². The van der Waals surface area contributed by atoms with Crippen molar-refractivity contribution in [2.24, 2.45) is 5.73 Å². The van der Waals surface area contributed by atoms with Crippen molar-refractivity contribution in [2.75, 3.05) is 6.61 Å². The molecule has 1 atom stereocenters. The van der Waals surface area contributed by atoms with Gasteiger partial charge < -0.3 is 15.6 Å². The minimum Gasteiger partial charge on any atom is -0.482 e. The Morgan fingerprint density at radius 3 is 2.94 bits per heavy atom. The van der Waals surface area contributed by atoms with Gasteiger partial charge in [0.15, 0.2) is 6.61 Å². The molecule has 0 aliphatic rings. The van der Waals surface area contributed by atoms with Crippen LogP contribution in [-0.2, 0) is 11.2 Å². The van der Waals surface area contributed by atoms with Gasteiger partial charge >= 0.3 is 5.97 Å². The van der Waals surface area contributed by atoms with Gasteiger partial charge in [0.2, 0.25) is 0 Å². The van der Waals surface area contributed by atoms with Crippen LogP contribution in [0.3, 0.4) is 0 Å². The van der Waals surface area contributed by atoms with Gasteiger partial charge in [-0.1, -0.05) is 19.1 Å². The van der Waals surface area contributed by atoms with Crippen LogP contribution >= 0.6 is 0 Å². The first kappa shape index (κ1) is 12.5. The third-order valence-corrected chi connectivity index (χ3v) is 2.28. The molecule has 4 heteroatoms. The minimum atomic E-state index is -0.976. The number of carboxylic acid groups (broad SMARTS) is 1. The normalized spacial score (nSPS) is 12.1. The number of hydrogen-bond donors (Lipinski definition) is 2. The summed E-state index contributed by atoms with van der Waals surface area (Å²) in [5.41, 5.74) is 6.91.